The van der Waals surface area contributed by atoms with Crippen LogP contribution in [0.15, 0.2) is 0 Å². The number of aliphatic carboxylic acids is 1. The van der Waals surface area contributed by atoms with Gasteiger partial charge in [-0.1, -0.05) is 0 Å². The Morgan fingerprint density at radius 2 is 1.40 bits per heavy atom. The fraction of sp³-hybridized carbons (Fsp3) is 0.688. The van der Waals surface area contributed by atoms with Crippen molar-refractivity contribution in [2.24, 2.45) is 11.5 Å². The molecule has 0 aromatic heterocycles. The van der Waals surface area contributed by atoms with Crippen molar-refractivity contribution in [1.29, 1.82) is 0 Å². The first-order chi connectivity index (χ1) is 14.1. The summed E-state index contributed by atoms with van der Waals surface area (Å²) in [6.07, 6.45) is 1.39. The van der Waals surface area contributed by atoms with Crippen LogP contribution in [0.4, 0.5) is 0 Å². The lowest BCUT2D eigenvalue weighted by molar-refractivity contribution is -0.143. The predicted molar refractivity (Wildman–Crippen MR) is 107 cm³/mol. The third kappa shape index (κ3) is 10.4. The van der Waals surface area contributed by atoms with Gasteiger partial charge in [-0.3, -0.25) is 19.2 Å². The molecule has 0 fully saturated rings. The molecule has 0 aliphatic rings. The Hall–Kier alpha value is -2.42. The summed E-state index contributed by atoms with van der Waals surface area (Å²) in [6.45, 7) is -1.48. The van der Waals surface area contributed by atoms with Crippen LogP contribution in [0, 0.1) is 0 Å². The first-order valence-electron chi connectivity index (χ1n) is 8.95. The standard InChI is InChI=1S/C16H29N5O8S/c1-30-5-4-9(19-13(25)8(17)6-22)14(26)21-11(7-23)15(27)20-10(16(28)29)2-3-12(18)24/h8-11,22-23H,2-7,17H2,1H3,(H2,18,24)(H,19,25)(H,20,27)(H,21,26)(H,28,29). The Labute approximate surface area is 177 Å². The number of aliphatic hydroxyl groups is 2. The van der Waals surface area contributed by atoms with Gasteiger partial charge in [-0.05, 0) is 24.9 Å². The molecule has 14 heteroatoms. The van der Waals surface area contributed by atoms with E-state index in [9.17, 15) is 29.1 Å². The SMILES string of the molecule is CSCCC(NC(=O)C(N)CO)C(=O)NC(CO)C(=O)NC(CCC(N)=O)C(=O)O. The number of rotatable bonds is 15. The van der Waals surface area contributed by atoms with Crippen LogP contribution in [0.25, 0.3) is 0 Å². The number of hydrogen-bond acceptors (Lipinski definition) is 9. The molecule has 0 heterocycles. The molecule has 0 spiro atoms. The topological polar surface area (TPSA) is 234 Å². The fourth-order valence-electron chi connectivity index (χ4n) is 2.15. The monoisotopic (exact) mass is 451 g/mol. The van der Waals surface area contributed by atoms with E-state index >= 15 is 0 Å². The summed E-state index contributed by atoms with van der Waals surface area (Å²) in [7, 11) is 0. The van der Waals surface area contributed by atoms with Crippen molar-refractivity contribution in [2.45, 2.75) is 43.4 Å². The summed E-state index contributed by atoms with van der Waals surface area (Å²) in [5.41, 5.74) is 10.4. The van der Waals surface area contributed by atoms with Crippen LogP contribution in [-0.4, -0.2) is 94.3 Å². The lowest BCUT2D eigenvalue weighted by Crippen LogP contribution is -2.58. The van der Waals surface area contributed by atoms with Gasteiger partial charge in [0.05, 0.1) is 13.2 Å². The van der Waals surface area contributed by atoms with Crippen LogP contribution >= 0.6 is 11.8 Å². The third-order valence-corrected chi connectivity index (χ3v) is 4.53. The van der Waals surface area contributed by atoms with Crippen LogP contribution in [0.2, 0.25) is 0 Å². The molecule has 0 aromatic carbocycles. The van der Waals surface area contributed by atoms with Crippen molar-refractivity contribution in [3.63, 3.8) is 0 Å². The molecule has 0 saturated heterocycles. The minimum Gasteiger partial charge on any atom is -0.480 e. The van der Waals surface area contributed by atoms with Gasteiger partial charge in [0, 0.05) is 6.42 Å². The van der Waals surface area contributed by atoms with Crippen LogP contribution in [0.3, 0.4) is 0 Å². The summed E-state index contributed by atoms with van der Waals surface area (Å²) >= 11 is 1.40. The molecule has 0 bridgehead atoms. The maximum Gasteiger partial charge on any atom is 0.326 e. The van der Waals surface area contributed by atoms with Gasteiger partial charge >= 0.3 is 5.97 Å². The van der Waals surface area contributed by atoms with E-state index in [-0.39, 0.29) is 19.3 Å². The summed E-state index contributed by atoms with van der Waals surface area (Å²) < 4.78 is 0. The van der Waals surface area contributed by atoms with E-state index in [2.05, 4.69) is 16.0 Å². The molecule has 10 N–H and O–H groups in total. The number of carboxylic acid groups (broad SMARTS) is 1. The van der Waals surface area contributed by atoms with E-state index in [0.29, 0.717) is 5.75 Å². The number of carbonyl (C=O) groups is 5. The zero-order valence-electron chi connectivity index (χ0n) is 16.5. The van der Waals surface area contributed by atoms with Crippen LogP contribution < -0.4 is 27.4 Å². The molecule has 4 amide bonds. The van der Waals surface area contributed by atoms with Crippen molar-refractivity contribution in [3.05, 3.63) is 0 Å². The van der Waals surface area contributed by atoms with Gasteiger partial charge in [0.1, 0.15) is 24.2 Å². The number of thioether (sulfide) groups is 1. The lowest BCUT2D eigenvalue weighted by Gasteiger charge is -2.24. The Morgan fingerprint density at radius 3 is 1.87 bits per heavy atom. The number of carboxylic acids is 1. The molecule has 0 radical (unpaired) electrons. The second kappa shape index (κ2) is 14.5. The Bertz CT molecular complexity index is 620. The normalized spacial score (nSPS) is 14.7. The number of carbonyl (C=O) groups excluding carboxylic acids is 4. The average Bonchev–Trinajstić information content (AvgIpc) is 2.70. The highest BCUT2D eigenvalue weighted by molar-refractivity contribution is 7.98. The van der Waals surface area contributed by atoms with E-state index in [1.807, 2.05) is 0 Å². The van der Waals surface area contributed by atoms with E-state index in [4.69, 9.17) is 21.7 Å². The van der Waals surface area contributed by atoms with Gasteiger partial charge in [-0.2, -0.15) is 11.8 Å². The van der Waals surface area contributed by atoms with Gasteiger partial charge in [-0.15, -0.1) is 0 Å². The molecule has 30 heavy (non-hydrogen) atoms. The number of aliphatic hydroxyl groups excluding tert-OH is 2. The van der Waals surface area contributed by atoms with E-state index in [1.54, 1.807) is 6.26 Å². The maximum absolute atomic E-state index is 12.5. The van der Waals surface area contributed by atoms with Crippen molar-refractivity contribution in [2.75, 3.05) is 25.2 Å². The molecule has 13 nitrogen and oxygen atoms in total. The predicted octanol–water partition coefficient (Wildman–Crippen LogP) is -4.14. The van der Waals surface area contributed by atoms with Gasteiger partial charge in [0.25, 0.3) is 0 Å². The molecule has 172 valence electrons. The zero-order chi connectivity index (χ0) is 23.3. The van der Waals surface area contributed by atoms with E-state index < -0.39 is 67.0 Å². The van der Waals surface area contributed by atoms with Gasteiger partial charge in [0.15, 0.2) is 0 Å². The summed E-state index contributed by atoms with van der Waals surface area (Å²) in [5, 5.41) is 34.2. The number of primary amides is 1. The van der Waals surface area contributed by atoms with Crippen molar-refractivity contribution in [3.8, 4) is 0 Å². The van der Waals surface area contributed by atoms with Crippen LogP contribution in [0.5, 0.6) is 0 Å². The van der Waals surface area contributed by atoms with Crippen LogP contribution in [0.1, 0.15) is 19.3 Å². The fourth-order valence-corrected chi connectivity index (χ4v) is 2.62. The van der Waals surface area contributed by atoms with Crippen molar-refractivity contribution >= 4 is 41.4 Å². The summed E-state index contributed by atoms with van der Waals surface area (Å²) in [4.78, 5) is 58.7. The smallest absolute Gasteiger partial charge is 0.326 e. The number of nitrogens with two attached hydrogens (primary N) is 2. The number of amides is 4. The van der Waals surface area contributed by atoms with E-state index in [1.165, 1.54) is 11.8 Å². The Balaban J connectivity index is 5.13. The zero-order valence-corrected chi connectivity index (χ0v) is 17.3. The second-order valence-electron chi connectivity index (χ2n) is 6.28. The molecule has 0 aromatic rings. The molecule has 4 atom stereocenters. The average molecular weight is 452 g/mol. The Morgan fingerprint density at radius 1 is 0.867 bits per heavy atom. The molecule has 4 unspecified atom stereocenters. The quantitative estimate of drug-likeness (QED) is 0.120. The second-order valence-corrected chi connectivity index (χ2v) is 7.27. The van der Waals surface area contributed by atoms with Crippen LogP contribution in [-0.2, 0) is 24.0 Å². The minimum atomic E-state index is -1.51. The Kier molecular flexibility index (Phi) is 13.4. The molecular formula is C16H29N5O8S. The minimum absolute atomic E-state index is 0.174. The van der Waals surface area contributed by atoms with Crippen molar-refractivity contribution in [1.82, 2.24) is 16.0 Å². The highest BCUT2D eigenvalue weighted by Gasteiger charge is 2.29. The van der Waals surface area contributed by atoms with Gasteiger partial charge in [0.2, 0.25) is 23.6 Å². The number of nitrogens with one attached hydrogen (secondary N) is 3. The first kappa shape index (κ1) is 27.6. The lowest BCUT2D eigenvalue weighted by atomic mass is 10.1. The van der Waals surface area contributed by atoms with Gasteiger partial charge in [-0.25, -0.2) is 4.79 Å². The molecular weight excluding hydrogens is 422 g/mol. The molecule has 0 aliphatic heterocycles. The molecule has 0 aliphatic carbocycles. The summed E-state index contributed by atoms with van der Waals surface area (Å²) in [5.74, 6) is -4.28. The molecule has 0 rings (SSSR count). The number of hydrogen-bond donors (Lipinski definition) is 8. The summed E-state index contributed by atoms with van der Waals surface area (Å²) in [6, 6.07) is -5.30. The maximum atomic E-state index is 12.5. The largest absolute Gasteiger partial charge is 0.480 e. The third-order valence-electron chi connectivity index (χ3n) is 3.89. The van der Waals surface area contributed by atoms with Gasteiger partial charge < -0.3 is 42.7 Å². The van der Waals surface area contributed by atoms with Crippen molar-refractivity contribution < 1.29 is 39.3 Å². The molecule has 0 saturated carbocycles. The van der Waals surface area contributed by atoms with E-state index in [0.717, 1.165) is 0 Å². The highest BCUT2D eigenvalue weighted by Crippen LogP contribution is 2.03. The highest BCUT2D eigenvalue weighted by atomic mass is 32.2. The first-order valence-corrected chi connectivity index (χ1v) is 10.3.